The van der Waals surface area contributed by atoms with Crippen LogP contribution in [0.1, 0.15) is 25.5 Å². The molecule has 2 N–H and O–H groups in total. The van der Waals surface area contributed by atoms with Gasteiger partial charge in [-0.25, -0.2) is 0 Å². The van der Waals surface area contributed by atoms with Gasteiger partial charge in [0.15, 0.2) is 0 Å². The van der Waals surface area contributed by atoms with Crippen LogP contribution in [0.4, 0.5) is 0 Å². The van der Waals surface area contributed by atoms with E-state index in [1.54, 1.807) is 6.92 Å². The zero-order valence-corrected chi connectivity index (χ0v) is 11.3. The Morgan fingerprint density at radius 3 is 2.53 bits per heavy atom. The molecule has 0 aromatic heterocycles. The summed E-state index contributed by atoms with van der Waals surface area (Å²) >= 11 is 0. The number of ether oxygens (including phenoxy) is 1. The van der Waals surface area contributed by atoms with E-state index in [0.29, 0.717) is 12.4 Å². The van der Waals surface area contributed by atoms with E-state index in [4.69, 9.17) is 9.84 Å². The third-order valence-electron chi connectivity index (χ3n) is 3.18. The van der Waals surface area contributed by atoms with Crippen LogP contribution in [-0.2, 0) is 0 Å². The standard InChI is InChI=1S/C16H20O3/c1-11(9-17)10-19-16-14(12(2)18)8-7-13-5-3-4-6-15(13)16/h3-8,11-12,17-18H,9-10H2,1-2H3/t11?,12-/m1/s1. The quantitative estimate of drug-likeness (QED) is 0.869. The van der Waals surface area contributed by atoms with Crippen LogP contribution in [0, 0.1) is 5.92 Å². The lowest BCUT2D eigenvalue weighted by Crippen LogP contribution is -2.13. The van der Waals surface area contributed by atoms with Gasteiger partial charge >= 0.3 is 0 Å². The molecule has 1 unspecified atom stereocenters. The van der Waals surface area contributed by atoms with Crippen LogP contribution in [0.15, 0.2) is 36.4 Å². The van der Waals surface area contributed by atoms with Gasteiger partial charge in [0.25, 0.3) is 0 Å². The Morgan fingerprint density at radius 2 is 1.84 bits per heavy atom. The molecule has 3 nitrogen and oxygen atoms in total. The molecule has 3 heteroatoms. The Bertz CT molecular complexity index is 549. The van der Waals surface area contributed by atoms with E-state index in [9.17, 15) is 5.11 Å². The van der Waals surface area contributed by atoms with Crippen molar-refractivity contribution in [2.75, 3.05) is 13.2 Å². The Balaban J connectivity index is 2.43. The van der Waals surface area contributed by atoms with Gasteiger partial charge in [-0.05, 0) is 12.3 Å². The van der Waals surface area contributed by atoms with Gasteiger partial charge in [0, 0.05) is 23.5 Å². The number of benzene rings is 2. The SMILES string of the molecule is CC(CO)COc1c([C@@H](C)O)ccc2ccccc12. The first-order valence-corrected chi connectivity index (χ1v) is 6.57. The predicted octanol–water partition coefficient (Wildman–Crippen LogP) is 2.90. The highest BCUT2D eigenvalue weighted by Gasteiger charge is 2.14. The minimum Gasteiger partial charge on any atom is -0.492 e. The number of aliphatic hydroxyl groups is 2. The highest BCUT2D eigenvalue weighted by atomic mass is 16.5. The molecule has 102 valence electrons. The summed E-state index contributed by atoms with van der Waals surface area (Å²) in [6.07, 6.45) is -0.580. The summed E-state index contributed by atoms with van der Waals surface area (Å²) in [5.74, 6) is 0.786. The summed E-state index contributed by atoms with van der Waals surface area (Å²) in [4.78, 5) is 0. The van der Waals surface area contributed by atoms with E-state index < -0.39 is 6.10 Å². The fourth-order valence-electron chi connectivity index (χ4n) is 2.03. The molecule has 0 saturated carbocycles. The van der Waals surface area contributed by atoms with Crippen molar-refractivity contribution in [3.63, 3.8) is 0 Å². The first-order valence-electron chi connectivity index (χ1n) is 6.57. The summed E-state index contributed by atoms with van der Waals surface area (Å²) in [6.45, 7) is 4.18. The minimum absolute atomic E-state index is 0.0702. The maximum Gasteiger partial charge on any atom is 0.132 e. The van der Waals surface area contributed by atoms with Crippen molar-refractivity contribution >= 4 is 10.8 Å². The van der Waals surface area contributed by atoms with Crippen LogP contribution in [-0.4, -0.2) is 23.4 Å². The second-order valence-electron chi connectivity index (χ2n) is 4.98. The van der Waals surface area contributed by atoms with Crippen molar-refractivity contribution in [2.45, 2.75) is 20.0 Å². The number of aliphatic hydroxyl groups excluding tert-OH is 2. The van der Waals surface area contributed by atoms with Crippen LogP contribution >= 0.6 is 0 Å². The maximum atomic E-state index is 9.86. The summed E-state index contributed by atoms with van der Waals surface area (Å²) in [5, 5.41) is 21.0. The lowest BCUT2D eigenvalue weighted by molar-refractivity contribution is 0.164. The van der Waals surface area contributed by atoms with E-state index in [1.807, 2.05) is 43.3 Å². The molecule has 0 aliphatic heterocycles. The fourth-order valence-corrected chi connectivity index (χ4v) is 2.03. The van der Waals surface area contributed by atoms with Gasteiger partial charge in [0.1, 0.15) is 5.75 Å². The van der Waals surface area contributed by atoms with Gasteiger partial charge in [-0.2, -0.15) is 0 Å². The van der Waals surface area contributed by atoms with Crippen molar-refractivity contribution in [3.8, 4) is 5.75 Å². The summed E-state index contributed by atoms with van der Waals surface area (Å²) < 4.78 is 5.84. The van der Waals surface area contributed by atoms with Gasteiger partial charge in [0.2, 0.25) is 0 Å². The van der Waals surface area contributed by atoms with Crippen molar-refractivity contribution in [2.24, 2.45) is 5.92 Å². The summed E-state index contributed by atoms with van der Waals surface area (Å²) in [7, 11) is 0. The monoisotopic (exact) mass is 260 g/mol. The third-order valence-corrected chi connectivity index (χ3v) is 3.18. The molecule has 0 aliphatic carbocycles. The molecule has 0 spiro atoms. The Labute approximate surface area is 113 Å². The molecule has 0 saturated heterocycles. The number of fused-ring (bicyclic) bond motifs is 1. The molecule has 2 aromatic carbocycles. The molecular weight excluding hydrogens is 240 g/mol. The summed E-state index contributed by atoms with van der Waals surface area (Å²) in [6, 6.07) is 11.8. The third kappa shape index (κ3) is 3.06. The van der Waals surface area contributed by atoms with Gasteiger partial charge in [-0.3, -0.25) is 0 Å². The normalized spacial score (nSPS) is 14.3. The Hall–Kier alpha value is -1.58. The fraction of sp³-hybridized carbons (Fsp3) is 0.375. The lowest BCUT2D eigenvalue weighted by atomic mass is 10.0. The van der Waals surface area contributed by atoms with Gasteiger partial charge in [-0.15, -0.1) is 0 Å². The molecule has 0 radical (unpaired) electrons. The molecule has 0 bridgehead atoms. The Morgan fingerprint density at radius 1 is 1.11 bits per heavy atom. The number of rotatable bonds is 5. The molecule has 0 aliphatic rings. The Kier molecular flexibility index (Phi) is 4.40. The van der Waals surface area contributed by atoms with Gasteiger partial charge in [0.05, 0.1) is 12.7 Å². The van der Waals surface area contributed by atoms with Crippen LogP contribution in [0.3, 0.4) is 0 Å². The molecule has 0 heterocycles. The van der Waals surface area contributed by atoms with E-state index in [-0.39, 0.29) is 12.5 Å². The topological polar surface area (TPSA) is 49.7 Å². The predicted molar refractivity (Wildman–Crippen MR) is 76.3 cm³/mol. The highest BCUT2D eigenvalue weighted by Crippen LogP contribution is 2.33. The van der Waals surface area contributed by atoms with Crippen LogP contribution in [0.2, 0.25) is 0 Å². The molecule has 2 aromatic rings. The van der Waals surface area contributed by atoms with Gasteiger partial charge in [-0.1, -0.05) is 43.3 Å². The zero-order chi connectivity index (χ0) is 13.8. The van der Waals surface area contributed by atoms with Crippen LogP contribution in [0.25, 0.3) is 10.8 Å². The molecule has 2 atom stereocenters. The first kappa shape index (κ1) is 13.8. The second kappa shape index (κ2) is 6.04. The van der Waals surface area contributed by atoms with E-state index in [2.05, 4.69) is 0 Å². The lowest BCUT2D eigenvalue weighted by Gasteiger charge is -2.18. The highest BCUT2D eigenvalue weighted by molar-refractivity contribution is 5.89. The smallest absolute Gasteiger partial charge is 0.132 e. The maximum absolute atomic E-state index is 9.86. The van der Waals surface area contributed by atoms with E-state index in [0.717, 1.165) is 16.3 Å². The number of hydrogen-bond acceptors (Lipinski definition) is 3. The van der Waals surface area contributed by atoms with E-state index in [1.165, 1.54) is 0 Å². The van der Waals surface area contributed by atoms with Crippen LogP contribution < -0.4 is 4.74 Å². The largest absolute Gasteiger partial charge is 0.492 e. The molecule has 0 amide bonds. The molecule has 0 fully saturated rings. The molecule has 19 heavy (non-hydrogen) atoms. The van der Waals surface area contributed by atoms with Crippen molar-refractivity contribution in [1.82, 2.24) is 0 Å². The average Bonchev–Trinajstić information content (AvgIpc) is 2.43. The second-order valence-corrected chi connectivity index (χ2v) is 4.98. The van der Waals surface area contributed by atoms with Crippen molar-refractivity contribution in [3.05, 3.63) is 42.0 Å². The summed E-state index contributed by atoms with van der Waals surface area (Å²) in [5.41, 5.74) is 0.781. The molecule has 2 rings (SSSR count). The zero-order valence-electron chi connectivity index (χ0n) is 11.3. The average molecular weight is 260 g/mol. The minimum atomic E-state index is -0.580. The van der Waals surface area contributed by atoms with Gasteiger partial charge < -0.3 is 14.9 Å². The first-order chi connectivity index (χ1) is 9.13. The van der Waals surface area contributed by atoms with Crippen molar-refractivity contribution in [1.29, 1.82) is 0 Å². The molecular formula is C16H20O3. The number of hydrogen-bond donors (Lipinski definition) is 2. The van der Waals surface area contributed by atoms with E-state index >= 15 is 0 Å². The van der Waals surface area contributed by atoms with Crippen LogP contribution in [0.5, 0.6) is 5.75 Å². The van der Waals surface area contributed by atoms with Crippen molar-refractivity contribution < 1.29 is 14.9 Å².